The lowest BCUT2D eigenvalue weighted by atomic mass is 9.87. The molecule has 3 amide bonds. The first-order chi connectivity index (χ1) is 13.6. The molecule has 0 bridgehead atoms. The number of amides is 3. The van der Waals surface area contributed by atoms with Crippen LogP contribution in [0.15, 0.2) is 48.5 Å². The standard InChI is InChI=1S/C22H25N3O3/c1-16-4-2-3-5-20(16)17-10-12-24(13-11-17)21(26)23-18-6-8-19(9-7-18)25-14-15-28-22(25)27/h2-9,17H,10-15H2,1H3,(H,23,26). The minimum Gasteiger partial charge on any atom is -0.447 e. The van der Waals surface area contributed by atoms with Gasteiger partial charge in [0.25, 0.3) is 0 Å². The number of nitrogens with zero attached hydrogens (tertiary/aromatic N) is 2. The van der Waals surface area contributed by atoms with Crippen LogP contribution in [0.25, 0.3) is 0 Å². The second kappa shape index (κ2) is 7.92. The van der Waals surface area contributed by atoms with Crippen LogP contribution in [0.4, 0.5) is 21.0 Å². The Labute approximate surface area is 165 Å². The summed E-state index contributed by atoms with van der Waals surface area (Å²) in [5.74, 6) is 0.518. The molecule has 2 aromatic carbocycles. The quantitative estimate of drug-likeness (QED) is 0.862. The minimum absolute atomic E-state index is 0.0726. The fourth-order valence-corrected chi connectivity index (χ4v) is 3.99. The Kier molecular flexibility index (Phi) is 5.19. The molecule has 2 saturated heterocycles. The van der Waals surface area contributed by atoms with Crippen molar-refractivity contribution in [3.63, 3.8) is 0 Å². The molecule has 2 aromatic rings. The molecule has 0 saturated carbocycles. The first-order valence-corrected chi connectivity index (χ1v) is 9.77. The van der Waals surface area contributed by atoms with Crippen molar-refractivity contribution in [3.05, 3.63) is 59.7 Å². The molecular weight excluding hydrogens is 354 g/mol. The average molecular weight is 379 g/mol. The second-order valence-electron chi connectivity index (χ2n) is 7.36. The van der Waals surface area contributed by atoms with Gasteiger partial charge in [-0.1, -0.05) is 24.3 Å². The van der Waals surface area contributed by atoms with Crippen LogP contribution in [0.2, 0.25) is 0 Å². The number of urea groups is 1. The first kappa shape index (κ1) is 18.3. The van der Waals surface area contributed by atoms with Gasteiger partial charge in [-0.2, -0.15) is 0 Å². The number of hydrogen-bond donors (Lipinski definition) is 1. The fourth-order valence-electron chi connectivity index (χ4n) is 3.99. The highest BCUT2D eigenvalue weighted by atomic mass is 16.6. The van der Waals surface area contributed by atoms with Crippen molar-refractivity contribution in [2.24, 2.45) is 0 Å². The Hall–Kier alpha value is -3.02. The van der Waals surface area contributed by atoms with Gasteiger partial charge in [-0.3, -0.25) is 4.90 Å². The van der Waals surface area contributed by atoms with Gasteiger partial charge in [-0.05, 0) is 61.1 Å². The van der Waals surface area contributed by atoms with Crippen molar-refractivity contribution in [1.29, 1.82) is 0 Å². The van der Waals surface area contributed by atoms with Crippen molar-refractivity contribution in [1.82, 2.24) is 4.90 Å². The summed E-state index contributed by atoms with van der Waals surface area (Å²) in [6.45, 7) is 4.63. The lowest BCUT2D eigenvalue weighted by molar-refractivity contribution is 0.181. The summed E-state index contributed by atoms with van der Waals surface area (Å²) in [6, 6.07) is 15.7. The Morgan fingerprint density at radius 1 is 1.04 bits per heavy atom. The number of benzene rings is 2. The molecule has 2 aliphatic rings. The highest BCUT2D eigenvalue weighted by Gasteiger charge is 2.25. The maximum atomic E-state index is 12.6. The summed E-state index contributed by atoms with van der Waals surface area (Å²) >= 11 is 0. The van der Waals surface area contributed by atoms with Crippen molar-refractivity contribution < 1.29 is 14.3 Å². The van der Waals surface area contributed by atoms with Gasteiger partial charge in [-0.25, -0.2) is 9.59 Å². The summed E-state index contributed by atoms with van der Waals surface area (Å²) in [5, 5.41) is 2.96. The normalized spacial score (nSPS) is 17.5. The predicted molar refractivity (Wildman–Crippen MR) is 109 cm³/mol. The number of ether oxygens (including phenoxy) is 1. The number of hydrogen-bond acceptors (Lipinski definition) is 3. The van der Waals surface area contributed by atoms with Crippen molar-refractivity contribution >= 4 is 23.5 Å². The van der Waals surface area contributed by atoms with E-state index in [1.807, 2.05) is 29.2 Å². The van der Waals surface area contributed by atoms with Gasteiger partial charge in [0.05, 0.1) is 6.54 Å². The molecule has 6 nitrogen and oxygen atoms in total. The van der Waals surface area contributed by atoms with Gasteiger partial charge in [0.15, 0.2) is 0 Å². The Balaban J connectivity index is 1.32. The van der Waals surface area contributed by atoms with Crippen LogP contribution in [-0.2, 0) is 4.74 Å². The van der Waals surface area contributed by atoms with E-state index in [4.69, 9.17) is 4.74 Å². The zero-order valence-electron chi connectivity index (χ0n) is 16.1. The number of rotatable bonds is 3. The molecule has 0 atom stereocenters. The molecule has 0 spiro atoms. The van der Waals surface area contributed by atoms with Crippen LogP contribution in [0.1, 0.15) is 29.9 Å². The molecule has 2 aliphatic heterocycles. The zero-order chi connectivity index (χ0) is 19.5. The Bertz CT molecular complexity index is 858. The number of carbonyl (C=O) groups is 2. The van der Waals surface area contributed by atoms with E-state index in [0.29, 0.717) is 19.1 Å². The minimum atomic E-state index is -0.326. The largest absolute Gasteiger partial charge is 0.447 e. The Morgan fingerprint density at radius 3 is 2.39 bits per heavy atom. The summed E-state index contributed by atoms with van der Waals surface area (Å²) in [4.78, 5) is 27.7. The molecule has 0 aromatic heterocycles. The van der Waals surface area contributed by atoms with E-state index in [1.165, 1.54) is 11.1 Å². The smallest absolute Gasteiger partial charge is 0.414 e. The van der Waals surface area contributed by atoms with E-state index in [2.05, 4.69) is 36.5 Å². The molecule has 0 radical (unpaired) electrons. The van der Waals surface area contributed by atoms with Crippen LogP contribution in [-0.4, -0.2) is 43.3 Å². The lowest BCUT2D eigenvalue weighted by Crippen LogP contribution is -2.40. The third kappa shape index (κ3) is 3.81. The summed E-state index contributed by atoms with van der Waals surface area (Å²) in [5.41, 5.74) is 4.23. The van der Waals surface area contributed by atoms with E-state index in [9.17, 15) is 9.59 Å². The number of aryl methyl sites for hydroxylation is 1. The average Bonchev–Trinajstić information content (AvgIpc) is 3.15. The van der Waals surface area contributed by atoms with Crippen LogP contribution < -0.4 is 10.2 Å². The van der Waals surface area contributed by atoms with Gasteiger partial charge in [0.2, 0.25) is 0 Å². The van der Waals surface area contributed by atoms with Gasteiger partial charge in [0.1, 0.15) is 6.61 Å². The van der Waals surface area contributed by atoms with Crippen molar-refractivity contribution in [3.8, 4) is 0 Å². The first-order valence-electron chi connectivity index (χ1n) is 9.77. The fraction of sp³-hybridized carbons (Fsp3) is 0.364. The molecule has 1 N–H and O–H groups in total. The molecule has 4 rings (SSSR count). The topological polar surface area (TPSA) is 61.9 Å². The number of likely N-dealkylation sites (tertiary alicyclic amines) is 1. The van der Waals surface area contributed by atoms with E-state index >= 15 is 0 Å². The molecule has 6 heteroatoms. The molecule has 2 fully saturated rings. The van der Waals surface area contributed by atoms with Crippen LogP contribution in [0, 0.1) is 6.92 Å². The molecule has 146 valence electrons. The number of piperidine rings is 1. The maximum Gasteiger partial charge on any atom is 0.414 e. The van der Waals surface area contributed by atoms with Crippen molar-refractivity contribution in [2.45, 2.75) is 25.7 Å². The van der Waals surface area contributed by atoms with E-state index in [0.717, 1.165) is 37.3 Å². The highest BCUT2D eigenvalue weighted by Crippen LogP contribution is 2.30. The molecule has 0 aliphatic carbocycles. The predicted octanol–water partition coefficient (Wildman–Crippen LogP) is 4.36. The van der Waals surface area contributed by atoms with Crippen LogP contribution in [0.3, 0.4) is 0 Å². The molecule has 28 heavy (non-hydrogen) atoms. The lowest BCUT2D eigenvalue weighted by Gasteiger charge is -2.32. The van der Waals surface area contributed by atoms with Crippen LogP contribution >= 0.6 is 0 Å². The van der Waals surface area contributed by atoms with E-state index in [-0.39, 0.29) is 12.1 Å². The van der Waals surface area contributed by atoms with E-state index in [1.54, 1.807) is 4.90 Å². The van der Waals surface area contributed by atoms with Gasteiger partial charge < -0.3 is 15.0 Å². The third-order valence-electron chi connectivity index (χ3n) is 5.60. The summed E-state index contributed by atoms with van der Waals surface area (Å²) in [7, 11) is 0. The second-order valence-corrected chi connectivity index (χ2v) is 7.36. The summed E-state index contributed by atoms with van der Waals surface area (Å²) < 4.78 is 4.95. The zero-order valence-corrected chi connectivity index (χ0v) is 16.1. The molecule has 2 heterocycles. The highest BCUT2D eigenvalue weighted by molar-refractivity contribution is 5.91. The number of carbonyl (C=O) groups excluding carboxylic acids is 2. The third-order valence-corrected chi connectivity index (χ3v) is 5.60. The van der Waals surface area contributed by atoms with Crippen molar-refractivity contribution in [2.75, 3.05) is 36.5 Å². The van der Waals surface area contributed by atoms with Gasteiger partial charge in [-0.15, -0.1) is 0 Å². The van der Waals surface area contributed by atoms with Crippen LogP contribution in [0.5, 0.6) is 0 Å². The van der Waals surface area contributed by atoms with Gasteiger partial charge >= 0.3 is 12.1 Å². The number of nitrogens with one attached hydrogen (secondary N) is 1. The van der Waals surface area contributed by atoms with Gasteiger partial charge in [0, 0.05) is 24.5 Å². The Morgan fingerprint density at radius 2 is 1.75 bits per heavy atom. The SMILES string of the molecule is Cc1ccccc1C1CCN(C(=O)Nc2ccc(N3CCOC3=O)cc2)CC1. The van der Waals surface area contributed by atoms with E-state index < -0.39 is 0 Å². The maximum absolute atomic E-state index is 12.6. The number of cyclic esters (lactones) is 1. The monoisotopic (exact) mass is 379 g/mol. The summed E-state index contributed by atoms with van der Waals surface area (Å²) in [6.07, 6.45) is 1.64. The number of anilines is 2. The molecular formula is C22H25N3O3. The molecule has 0 unspecified atom stereocenters.